The molecule has 0 N–H and O–H groups in total. The molecule has 88 valence electrons. The van der Waals surface area contributed by atoms with E-state index in [4.69, 9.17) is 11.6 Å². The number of hydrogen-bond acceptors (Lipinski definition) is 4. The third-order valence-corrected chi connectivity index (χ3v) is 2.03. The molecule has 4 nitrogen and oxygen atoms in total. The van der Waals surface area contributed by atoms with E-state index in [1.807, 2.05) is 0 Å². The van der Waals surface area contributed by atoms with Crippen molar-refractivity contribution in [3.05, 3.63) is 22.7 Å². The van der Waals surface area contributed by atoms with Crippen LogP contribution < -0.4 is 0 Å². The molecular weight excluding hydrogens is 261 g/mol. The zero-order chi connectivity index (χ0) is 13.1. The third kappa shape index (κ3) is 2.79. The minimum absolute atomic E-state index is 0.458. The Balaban J connectivity index is 3.71. The Kier molecular flexibility index (Phi) is 3.81. The van der Waals surface area contributed by atoms with Gasteiger partial charge in [0.2, 0.25) is 12.2 Å². The summed E-state index contributed by atoms with van der Waals surface area (Å²) in [6, 6.07) is 1.91. The number of halogens is 4. The quantitative estimate of drug-likeness (QED) is 0.606. The van der Waals surface area contributed by atoms with Crippen molar-refractivity contribution in [1.82, 2.24) is 0 Å². The lowest BCUT2D eigenvalue weighted by atomic mass is 10.1. The molecule has 0 atom stereocenters. The summed E-state index contributed by atoms with van der Waals surface area (Å²) in [4.78, 5) is 26.0. The van der Waals surface area contributed by atoms with E-state index in [0.29, 0.717) is 0 Å². The average molecular weight is 263 g/mol. The lowest BCUT2D eigenvalue weighted by molar-refractivity contribution is -0.136. The predicted molar refractivity (Wildman–Crippen MR) is 52.0 cm³/mol. The van der Waals surface area contributed by atoms with Gasteiger partial charge in [-0.2, -0.15) is 23.2 Å². The number of nitrogens with zero attached hydrogens (tertiary/aromatic N) is 2. The zero-order valence-corrected chi connectivity index (χ0v) is 8.63. The summed E-state index contributed by atoms with van der Waals surface area (Å²) < 4.78 is 37.9. The van der Waals surface area contributed by atoms with Gasteiger partial charge in [0, 0.05) is 0 Å². The van der Waals surface area contributed by atoms with Crippen LogP contribution in [-0.2, 0) is 15.8 Å². The Morgan fingerprint density at radius 3 is 2.18 bits per heavy atom. The number of rotatable bonds is 2. The minimum atomic E-state index is -4.83. The summed E-state index contributed by atoms with van der Waals surface area (Å²) >= 11 is 5.37. The molecule has 0 saturated carbocycles. The summed E-state index contributed by atoms with van der Waals surface area (Å²) in [6.07, 6.45) is -2.83. The number of carbonyl (C=O) groups excluding carboxylic acids is 2. The number of benzene rings is 1. The first-order valence-electron chi connectivity index (χ1n) is 3.97. The molecular formula is C9H2ClF3N2O2. The van der Waals surface area contributed by atoms with Gasteiger partial charge >= 0.3 is 6.18 Å². The van der Waals surface area contributed by atoms with Crippen molar-refractivity contribution in [3.63, 3.8) is 0 Å². The van der Waals surface area contributed by atoms with Gasteiger partial charge in [0.05, 0.1) is 5.02 Å². The van der Waals surface area contributed by atoms with Crippen LogP contribution in [0.4, 0.5) is 24.5 Å². The number of isocyanates is 2. The molecule has 0 saturated heterocycles. The normalized spacial score (nSPS) is 10.4. The van der Waals surface area contributed by atoms with Gasteiger partial charge in [0.25, 0.3) is 0 Å². The molecule has 8 heteroatoms. The molecule has 1 aromatic rings. The van der Waals surface area contributed by atoms with Gasteiger partial charge in [0.15, 0.2) is 0 Å². The van der Waals surface area contributed by atoms with E-state index >= 15 is 0 Å². The van der Waals surface area contributed by atoms with Crippen LogP contribution in [0.3, 0.4) is 0 Å². The molecule has 1 aromatic carbocycles. The van der Waals surface area contributed by atoms with Crippen LogP contribution in [0.1, 0.15) is 5.56 Å². The third-order valence-electron chi connectivity index (χ3n) is 1.71. The zero-order valence-electron chi connectivity index (χ0n) is 7.88. The van der Waals surface area contributed by atoms with E-state index in [-0.39, 0.29) is 0 Å². The van der Waals surface area contributed by atoms with E-state index in [1.165, 1.54) is 0 Å². The average Bonchev–Trinajstić information content (AvgIpc) is 2.21. The monoisotopic (exact) mass is 262 g/mol. The van der Waals surface area contributed by atoms with Crippen molar-refractivity contribution in [2.45, 2.75) is 6.18 Å². The van der Waals surface area contributed by atoms with Crippen LogP contribution in [0.25, 0.3) is 0 Å². The topological polar surface area (TPSA) is 58.9 Å². The second-order valence-electron chi connectivity index (χ2n) is 2.69. The Labute approximate surface area is 97.4 Å². The molecule has 0 amide bonds. The van der Waals surface area contributed by atoms with Crippen molar-refractivity contribution in [2.75, 3.05) is 0 Å². The highest BCUT2D eigenvalue weighted by atomic mass is 35.5. The SMILES string of the molecule is O=C=Nc1ccc(Cl)c(C(F)(F)F)c1N=C=O. The lowest BCUT2D eigenvalue weighted by Crippen LogP contribution is -2.06. The van der Waals surface area contributed by atoms with Gasteiger partial charge in [-0.3, -0.25) is 0 Å². The van der Waals surface area contributed by atoms with Gasteiger partial charge in [-0.15, -0.1) is 0 Å². The van der Waals surface area contributed by atoms with Crippen molar-refractivity contribution < 1.29 is 22.8 Å². The van der Waals surface area contributed by atoms with Gasteiger partial charge in [0.1, 0.15) is 16.9 Å². The minimum Gasteiger partial charge on any atom is -0.211 e. The number of hydrogen-bond donors (Lipinski definition) is 0. The molecule has 0 bridgehead atoms. The Morgan fingerprint density at radius 1 is 1.12 bits per heavy atom. The highest BCUT2D eigenvalue weighted by molar-refractivity contribution is 6.32. The second-order valence-corrected chi connectivity index (χ2v) is 3.10. The molecule has 0 aliphatic rings. The molecule has 0 spiro atoms. The molecule has 0 aliphatic carbocycles. The summed E-state index contributed by atoms with van der Waals surface area (Å²) in [6.45, 7) is 0. The van der Waals surface area contributed by atoms with Crippen LogP contribution in [0, 0.1) is 0 Å². The smallest absolute Gasteiger partial charge is 0.211 e. The van der Waals surface area contributed by atoms with E-state index in [2.05, 4.69) is 9.98 Å². The fraction of sp³-hybridized carbons (Fsp3) is 0.111. The summed E-state index contributed by atoms with van der Waals surface area (Å²) in [7, 11) is 0. The summed E-state index contributed by atoms with van der Waals surface area (Å²) in [5.41, 5.74) is -2.66. The van der Waals surface area contributed by atoms with Crippen LogP contribution in [0.2, 0.25) is 5.02 Å². The van der Waals surface area contributed by atoms with E-state index < -0.39 is 28.1 Å². The maximum Gasteiger partial charge on any atom is 0.420 e. The molecule has 0 aliphatic heterocycles. The van der Waals surface area contributed by atoms with Crippen LogP contribution in [0.5, 0.6) is 0 Å². The Bertz CT molecular complexity index is 544. The van der Waals surface area contributed by atoms with Crippen LogP contribution >= 0.6 is 11.6 Å². The van der Waals surface area contributed by atoms with Gasteiger partial charge in [-0.1, -0.05) is 11.6 Å². The Morgan fingerprint density at radius 2 is 1.71 bits per heavy atom. The van der Waals surface area contributed by atoms with E-state index in [0.717, 1.165) is 24.3 Å². The van der Waals surface area contributed by atoms with Crippen molar-refractivity contribution in [3.8, 4) is 0 Å². The summed E-state index contributed by atoms with van der Waals surface area (Å²) in [5.74, 6) is 0. The molecule has 0 aromatic heterocycles. The predicted octanol–water partition coefficient (Wildman–Crippen LogP) is 3.29. The first kappa shape index (κ1) is 13.1. The first-order chi connectivity index (χ1) is 7.91. The van der Waals surface area contributed by atoms with Gasteiger partial charge in [-0.25, -0.2) is 9.59 Å². The lowest BCUT2D eigenvalue weighted by Gasteiger charge is -2.11. The van der Waals surface area contributed by atoms with Crippen molar-refractivity contribution in [1.29, 1.82) is 0 Å². The molecule has 0 heterocycles. The molecule has 1 rings (SSSR count). The van der Waals surface area contributed by atoms with Crippen LogP contribution in [0.15, 0.2) is 22.1 Å². The Hall–Kier alpha value is -1.94. The first-order valence-corrected chi connectivity index (χ1v) is 4.35. The molecule has 0 unspecified atom stereocenters. The highest BCUT2D eigenvalue weighted by Gasteiger charge is 2.37. The largest absolute Gasteiger partial charge is 0.420 e. The highest BCUT2D eigenvalue weighted by Crippen LogP contribution is 2.45. The molecule has 0 radical (unpaired) electrons. The maximum absolute atomic E-state index is 12.6. The van der Waals surface area contributed by atoms with Crippen LogP contribution in [-0.4, -0.2) is 12.2 Å². The standard InChI is InChI=1S/C9H2ClF3N2O2/c10-5-1-2-6(14-3-16)8(15-4-17)7(5)9(11,12)13/h1-2H. The van der Waals surface area contributed by atoms with Gasteiger partial charge < -0.3 is 0 Å². The molecule has 17 heavy (non-hydrogen) atoms. The number of aliphatic imine (C=N–C) groups is 2. The van der Waals surface area contributed by atoms with Crippen molar-refractivity contribution in [2.24, 2.45) is 9.98 Å². The van der Waals surface area contributed by atoms with E-state index in [9.17, 15) is 22.8 Å². The maximum atomic E-state index is 12.6. The molecule has 0 fully saturated rings. The van der Waals surface area contributed by atoms with Crippen molar-refractivity contribution >= 4 is 35.1 Å². The number of alkyl halides is 3. The van der Waals surface area contributed by atoms with Gasteiger partial charge in [-0.05, 0) is 12.1 Å². The van der Waals surface area contributed by atoms with E-state index in [1.54, 1.807) is 0 Å². The fourth-order valence-corrected chi connectivity index (χ4v) is 1.38. The second kappa shape index (κ2) is 4.93. The summed E-state index contributed by atoms with van der Waals surface area (Å²) in [5, 5.41) is -0.656. The fourth-order valence-electron chi connectivity index (χ4n) is 1.12.